The molecule has 1 heterocycles. The Morgan fingerprint density at radius 1 is 1.08 bits per heavy atom. The second-order valence-electron chi connectivity index (χ2n) is 6.37. The van der Waals surface area contributed by atoms with Gasteiger partial charge in [-0.2, -0.15) is 0 Å². The van der Waals surface area contributed by atoms with E-state index in [1.165, 1.54) is 11.6 Å². The normalized spacial score (nSPS) is 15.4. The number of carbonyl (C=O) groups is 1. The van der Waals surface area contributed by atoms with Crippen LogP contribution in [0.2, 0.25) is 0 Å². The highest BCUT2D eigenvalue weighted by atomic mass is 19.1. The molecule has 0 spiro atoms. The van der Waals surface area contributed by atoms with Crippen molar-refractivity contribution in [2.75, 3.05) is 38.6 Å². The minimum atomic E-state index is -0.420. The van der Waals surface area contributed by atoms with Gasteiger partial charge >= 0.3 is 6.03 Å². The summed E-state index contributed by atoms with van der Waals surface area (Å²) in [5.74, 6) is 0.428. The highest BCUT2D eigenvalue weighted by Gasteiger charge is 2.20. The van der Waals surface area contributed by atoms with Gasteiger partial charge in [0.05, 0.1) is 12.8 Å². The molecule has 3 rings (SSSR count). The summed E-state index contributed by atoms with van der Waals surface area (Å²) >= 11 is 0. The predicted molar refractivity (Wildman–Crippen MR) is 99.9 cm³/mol. The van der Waals surface area contributed by atoms with E-state index in [-0.39, 0.29) is 11.7 Å². The molecule has 1 N–H and O–H groups in total. The first-order valence-electron chi connectivity index (χ1n) is 8.81. The molecule has 0 aromatic heterocycles. The van der Waals surface area contributed by atoms with Crippen LogP contribution in [0.5, 0.6) is 5.75 Å². The van der Waals surface area contributed by atoms with Crippen LogP contribution in [0.15, 0.2) is 48.5 Å². The van der Waals surface area contributed by atoms with E-state index in [2.05, 4.69) is 22.3 Å². The summed E-state index contributed by atoms with van der Waals surface area (Å²) in [7, 11) is 1.66. The molecule has 0 radical (unpaired) electrons. The molecular formula is C20H24FN3O2. The topological polar surface area (TPSA) is 44.8 Å². The highest BCUT2D eigenvalue weighted by Crippen LogP contribution is 2.16. The number of amides is 2. The largest absolute Gasteiger partial charge is 0.497 e. The fourth-order valence-corrected chi connectivity index (χ4v) is 3.08. The van der Waals surface area contributed by atoms with Gasteiger partial charge in [-0.05, 0) is 36.2 Å². The fourth-order valence-electron chi connectivity index (χ4n) is 3.08. The van der Waals surface area contributed by atoms with E-state index in [0.717, 1.165) is 31.8 Å². The van der Waals surface area contributed by atoms with Crippen molar-refractivity contribution in [3.8, 4) is 5.75 Å². The van der Waals surface area contributed by atoms with E-state index in [4.69, 9.17) is 4.74 Å². The van der Waals surface area contributed by atoms with Gasteiger partial charge in [-0.25, -0.2) is 9.18 Å². The van der Waals surface area contributed by atoms with Crippen LogP contribution in [0, 0.1) is 5.82 Å². The van der Waals surface area contributed by atoms with Crippen LogP contribution in [-0.2, 0) is 6.54 Å². The van der Waals surface area contributed by atoms with Crippen molar-refractivity contribution in [3.05, 3.63) is 59.9 Å². The zero-order valence-corrected chi connectivity index (χ0v) is 15.0. The molecule has 6 heteroatoms. The second kappa shape index (κ2) is 8.67. The van der Waals surface area contributed by atoms with Gasteiger partial charge < -0.3 is 15.0 Å². The lowest BCUT2D eigenvalue weighted by Gasteiger charge is -2.22. The Balaban J connectivity index is 1.54. The van der Waals surface area contributed by atoms with Crippen LogP contribution in [0.25, 0.3) is 0 Å². The predicted octanol–water partition coefficient (Wildman–Crippen LogP) is 3.57. The summed E-state index contributed by atoms with van der Waals surface area (Å²) in [5.41, 5.74) is 1.44. The maximum Gasteiger partial charge on any atom is 0.321 e. The van der Waals surface area contributed by atoms with E-state index in [1.54, 1.807) is 30.2 Å². The number of benzene rings is 2. The van der Waals surface area contributed by atoms with Gasteiger partial charge in [-0.15, -0.1) is 0 Å². The number of ether oxygens (including phenoxy) is 1. The molecule has 1 aliphatic rings. The van der Waals surface area contributed by atoms with Gasteiger partial charge in [-0.1, -0.05) is 24.3 Å². The Morgan fingerprint density at radius 3 is 2.58 bits per heavy atom. The number of rotatable bonds is 4. The standard InChI is InChI=1S/C20H24FN3O2/c1-26-17-9-7-16(8-10-17)15-23-11-4-12-24(14-13-23)20(25)22-19-6-3-2-5-18(19)21/h2-3,5-10H,4,11-15H2,1H3,(H,22,25). The van der Waals surface area contributed by atoms with Crippen LogP contribution in [0.3, 0.4) is 0 Å². The average molecular weight is 357 g/mol. The van der Waals surface area contributed by atoms with Crippen molar-refractivity contribution in [1.82, 2.24) is 9.80 Å². The lowest BCUT2D eigenvalue weighted by Crippen LogP contribution is -2.38. The Labute approximate surface area is 153 Å². The van der Waals surface area contributed by atoms with E-state index >= 15 is 0 Å². The minimum Gasteiger partial charge on any atom is -0.497 e. The summed E-state index contributed by atoms with van der Waals surface area (Å²) in [6, 6.07) is 14.0. The first kappa shape index (κ1) is 18.2. The molecule has 26 heavy (non-hydrogen) atoms. The van der Waals surface area contributed by atoms with E-state index in [0.29, 0.717) is 13.1 Å². The molecular weight excluding hydrogens is 333 g/mol. The Bertz CT molecular complexity index is 736. The molecule has 138 valence electrons. The van der Waals surface area contributed by atoms with Crippen LogP contribution >= 0.6 is 0 Å². The minimum absolute atomic E-state index is 0.219. The van der Waals surface area contributed by atoms with Gasteiger partial charge in [0.25, 0.3) is 0 Å². The van der Waals surface area contributed by atoms with Crippen molar-refractivity contribution >= 4 is 11.7 Å². The highest BCUT2D eigenvalue weighted by molar-refractivity contribution is 5.89. The van der Waals surface area contributed by atoms with Crippen LogP contribution < -0.4 is 10.1 Å². The summed E-state index contributed by atoms with van der Waals surface area (Å²) in [4.78, 5) is 16.5. The lowest BCUT2D eigenvalue weighted by atomic mass is 10.2. The number of nitrogens with one attached hydrogen (secondary N) is 1. The van der Waals surface area contributed by atoms with Crippen molar-refractivity contribution in [1.29, 1.82) is 0 Å². The molecule has 0 saturated carbocycles. The molecule has 2 aromatic rings. The number of nitrogens with zero attached hydrogens (tertiary/aromatic N) is 2. The summed E-state index contributed by atoms with van der Waals surface area (Å²) < 4.78 is 18.9. The number of hydrogen-bond donors (Lipinski definition) is 1. The van der Waals surface area contributed by atoms with E-state index in [1.807, 2.05) is 12.1 Å². The number of para-hydroxylation sites is 1. The number of anilines is 1. The summed E-state index contributed by atoms with van der Waals surface area (Å²) in [6.07, 6.45) is 0.890. The average Bonchev–Trinajstić information content (AvgIpc) is 2.90. The van der Waals surface area contributed by atoms with Gasteiger partial charge in [0.2, 0.25) is 0 Å². The van der Waals surface area contributed by atoms with Gasteiger partial charge in [0.15, 0.2) is 0 Å². The van der Waals surface area contributed by atoms with Crippen molar-refractivity contribution in [2.45, 2.75) is 13.0 Å². The first-order chi connectivity index (χ1) is 12.7. The maximum atomic E-state index is 13.7. The molecule has 1 saturated heterocycles. The zero-order chi connectivity index (χ0) is 18.4. The number of carbonyl (C=O) groups excluding carboxylic acids is 1. The molecule has 0 aliphatic carbocycles. The number of methoxy groups -OCH3 is 1. The molecule has 0 atom stereocenters. The van der Waals surface area contributed by atoms with E-state index < -0.39 is 5.82 Å². The third-order valence-corrected chi connectivity index (χ3v) is 4.56. The maximum absolute atomic E-state index is 13.7. The Morgan fingerprint density at radius 2 is 1.85 bits per heavy atom. The van der Waals surface area contributed by atoms with Crippen LogP contribution in [-0.4, -0.2) is 49.1 Å². The SMILES string of the molecule is COc1ccc(CN2CCCN(C(=O)Nc3ccccc3F)CC2)cc1. The molecule has 0 bridgehead atoms. The van der Waals surface area contributed by atoms with Gasteiger partial charge in [0.1, 0.15) is 11.6 Å². The number of halogens is 1. The third-order valence-electron chi connectivity index (χ3n) is 4.56. The number of urea groups is 1. The molecule has 2 aromatic carbocycles. The lowest BCUT2D eigenvalue weighted by molar-refractivity contribution is 0.211. The van der Waals surface area contributed by atoms with Crippen molar-refractivity contribution in [3.63, 3.8) is 0 Å². The first-order valence-corrected chi connectivity index (χ1v) is 8.81. The summed E-state index contributed by atoms with van der Waals surface area (Å²) in [5, 5.41) is 2.66. The Hall–Kier alpha value is -2.60. The fraction of sp³-hybridized carbons (Fsp3) is 0.350. The van der Waals surface area contributed by atoms with Crippen LogP contribution in [0.1, 0.15) is 12.0 Å². The molecule has 5 nitrogen and oxygen atoms in total. The zero-order valence-electron chi connectivity index (χ0n) is 15.0. The van der Waals surface area contributed by atoms with Crippen molar-refractivity contribution < 1.29 is 13.9 Å². The molecule has 1 aliphatic heterocycles. The molecule has 1 fully saturated rings. The van der Waals surface area contributed by atoms with Crippen molar-refractivity contribution in [2.24, 2.45) is 0 Å². The Kier molecular flexibility index (Phi) is 6.07. The molecule has 2 amide bonds. The second-order valence-corrected chi connectivity index (χ2v) is 6.37. The smallest absolute Gasteiger partial charge is 0.321 e. The monoisotopic (exact) mass is 357 g/mol. The van der Waals surface area contributed by atoms with E-state index in [9.17, 15) is 9.18 Å². The van der Waals surface area contributed by atoms with Gasteiger partial charge in [0, 0.05) is 32.7 Å². The van der Waals surface area contributed by atoms with Crippen LogP contribution in [0.4, 0.5) is 14.9 Å². The summed E-state index contributed by atoms with van der Waals surface area (Å²) in [6.45, 7) is 3.84. The quantitative estimate of drug-likeness (QED) is 0.910. The number of hydrogen-bond acceptors (Lipinski definition) is 3. The third kappa shape index (κ3) is 4.73. The van der Waals surface area contributed by atoms with Gasteiger partial charge in [-0.3, -0.25) is 4.90 Å². The molecule has 0 unspecified atom stereocenters.